The van der Waals surface area contributed by atoms with Gasteiger partial charge in [-0.2, -0.15) is 0 Å². The minimum atomic E-state index is 0.124. The van der Waals surface area contributed by atoms with Crippen molar-refractivity contribution in [3.63, 3.8) is 0 Å². The highest BCUT2D eigenvalue weighted by atomic mass is 15.2. The average Bonchev–Trinajstić information content (AvgIpc) is 4.00. The van der Waals surface area contributed by atoms with Crippen LogP contribution in [0.2, 0.25) is 0 Å². The average molecular weight is 820 g/mol. The van der Waals surface area contributed by atoms with Gasteiger partial charge in [0.05, 0.1) is 39.3 Å². The van der Waals surface area contributed by atoms with E-state index in [0.29, 0.717) is 5.92 Å². The molecule has 0 bridgehead atoms. The number of nitrogens with zero attached hydrogens (tertiary/aromatic N) is 5. The van der Waals surface area contributed by atoms with Gasteiger partial charge in [-0.05, 0) is 88.8 Å². The quantitative estimate of drug-likeness (QED) is 0.166. The Morgan fingerprint density at radius 3 is 1.94 bits per heavy atom. The first-order valence-corrected chi connectivity index (χ1v) is 22.5. The number of aromatic nitrogens is 4. The van der Waals surface area contributed by atoms with Gasteiger partial charge in [0.15, 0.2) is 5.82 Å². The van der Waals surface area contributed by atoms with Crippen LogP contribution in [0.5, 0.6) is 0 Å². The van der Waals surface area contributed by atoms with E-state index < -0.39 is 0 Å². The van der Waals surface area contributed by atoms with Crippen LogP contribution in [0.1, 0.15) is 42.0 Å². The van der Waals surface area contributed by atoms with Crippen LogP contribution >= 0.6 is 0 Å². The maximum absolute atomic E-state index is 5.80. The number of benzene rings is 8. The van der Waals surface area contributed by atoms with Crippen molar-refractivity contribution >= 4 is 82.7 Å². The molecule has 8 aromatic carbocycles. The fraction of sp³-hybridized carbons (Fsp3) is 0.0847. The summed E-state index contributed by atoms with van der Waals surface area (Å²) in [6, 6.07) is 59.5. The fourth-order valence-corrected chi connectivity index (χ4v) is 11.5. The molecule has 14 rings (SSSR count). The van der Waals surface area contributed by atoms with Gasteiger partial charge in [-0.15, -0.1) is 0 Å². The maximum atomic E-state index is 5.80. The summed E-state index contributed by atoms with van der Waals surface area (Å²) in [5, 5.41) is 8.46. The molecule has 0 radical (unpaired) electrons. The molecule has 302 valence electrons. The van der Waals surface area contributed by atoms with E-state index in [1.807, 2.05) is 0 Å². The lowest BCUT2D eigenvalue weighted by Gasteiger charge is -2.28. The van der Waals surface area contributed by atoms with Gasteiger partial charge in [-0.3, -0.25) is 4.57 Å². The van der Waals surface area contributed by atoms with Crippen molar-refractivity contribution < 1.29 is 0 Å². The number of para-hydroxylation sites is 2. The van der Waals surface area contributed by atoms with Crippen LogP contribution in [0.25, 0.3) is 94.1 Å². The summed E-state index contributed by atoms with van der Waals surface area (Å²) in [6.07, 6.45) is 15.0. The molecule has 0 amide bonds. The molecule has 0 saturated heterocycles. The first-order chi connectivity index (χ1) is 31.7. The van der Waals surface area contributed by atoms with Gasteiger partial charge in [0.1, 0.15) is 5.69 Å². The third-order valence-corrected chi connectivity index (χ3v) is 14.2. The Bertz CT molecular complexity index is 3850. The Morgan fingerprint density at radius 2 is 1.16 bits per heavy atom. The Labute approximate surface area is 370 Å². The number of anilines is 2. The first kappa shape index (κ1) is 35.6. The predicted octanol–water partition coefficient (Wildman–Crippen LogP) is 14.9. The SMILES string of the molecule is CC1CC=Cc2c1c1c3c(ccc1n2-c1nc2c4ccccc4c4ccccc4c2nc1-c1ccccc1)N(c1ccc2c(c1)c1ccccc1n2-c1ccccc1)C1C=CC=CC31. The maximum Gasteiger partial charge on any atom is 0.165 e. The summed E-state index contributed by atoms with van der Waals surface area (Å²) in [7, 11) is 0. The zero-order chi connectivity index (χ0) is 42.0. The molecule has 3 atom stereocenters. The monoisotopic (exact) mass is 819 g/mol. The normalized spacial score (nSPS) is 17.6. The number of allylic oxidation sites excluding steroid dienone is 3. The Morgan fingerprint density at radius 1 is 0.516 bits per heavy atom. The van der Waals surface area contributed by atoms with Crippen LogP contribution in [0.3, 0.4) is 0 Å². The van der Waals surface area contributed by atoms with Crippen molar-refractivity contribution in [1.82, 2.24) is 19.1 Å². The van der Waals surface area contributed by atoms with E-state index in [2.05, 4.69) is 221 Å². The molecule has 3 aromatic heterocycles. The molecule has 4 heterocycles. The highest BCUT2D eigenvalue weighted by Crippen LogP contribution is 2.54. The van der Waals surface area contributed by atoms with Crippen molar-refractivity contribution in [2.75, 3.05) is 4.90 Å². The molecular weight excluding hydrogens is 779 g/mol. The summed E-state index contributed by atoms with van der Waals surface area (Å²) >= 11 is 0. The molecule has 5 nitrogen and oxygen atoms in total. The number of rotatable bonds is 4. The van der Waals surface area contributed by atoms with E-state index in [0.717, 1.165) is 45.3 Å². The van der Waals surface area contributed by atoms with E-state index in [1.165, 1.54) is 77.4 Å². The van der Waals surface area contributed by atoms with Crippen molar-refractivity contribution in [3.8, 4) is 22.8 Å². The molecule has 5 heteroatoms. The topological polar surface area (TPSA) is 38.9 Å². The smallest absolute Gasteiger partial charge is 0.165 e. The van der Waals surface area contributed by atoms with E-state index in [9.17, 15) is 0 Å². The molecule has 3 unspecified atom stereocenters. The standard InChI is InChI=1S/C59H41N5/c1-36-17-16-30-50-53(36)55-52(64(50)59-56(37-18-4-2-5-19-37)60-57-43-25-10-8-22-40(43)41-23-9-11-26-44(41)58(57)61-59)34-33-51-54(55)45-27-13-15-29-48(45)63(51)39-31-32-49-46(35-39)42-24-12-14-28-47(42)62(49)38-20-6-3-7-21-38/h2-16,18-36,45,48H,17H2,1H3. The van der Waals surface area contributed by atoms with Crippen LogP contribution in [-0.4, -0.2) is 25.1 Å². The zero-order valence-corrected chi connectivity index (χ0v) is 35.2. The van der Waals surface area contributed by atoms with Gasteiger partial charge >= 0.3 is 0 Å². The third kappa shape index (κ3) is 4.89. The molecule has 0 N–H and O–H groups in total. The predicted molar refractivity (Wildman–Crippen MR) is 267 cm³/mol. The van der Waals surface area contributed by atoms with Crippen molar-refractivity contribution in [2.45, 2.75) is 31.2 Å². The summed E-state index contributed by atoms with van der Waals surface area (Å²) in [5.41, 5.74) is 15.0. The van der Waals surface area contributed by atoms with Gasteiger partial charge in [-0.1, -0.05) is 153 Å². The second-order valence-electron chi connectivity index (χ2n) is 17.7. The minimum Gasteiger partial charge on any atom is -0.333 e. The highest BCUT2D eigenvalue weighted by molar-refractivity contribution is 6.23. The lowest BCUT2D eigenvalue weighted by molar-refractivity contribution is 0.744. The third-order valence-electron chi connectivity index (χ3n) is 14.2. The number of fused-ring (bicyclic) bond motifs is 16. The van der Waals surface area contributed by atoms with Crippen LogP contribution < -0.4 is 4.90 Å². The zero-order valence-electron chi connectivity index (χ0n) is 35.2. The fourth-order valence-electron chi connectivity index (χ4n) is 11.5. The molecule has 0 spiro atoms. The lowest BCUT2D eigenvalue weighted by atomic mass is 9.84. The summed E-state index contributed by atoms with van der Waals surface area (Å²) in [4.78, 5) is 14.1. The molecule has 2 aliphatic carbocycles. The van der Waals surface area contributed by atoms with Gasteiger partial charge in [0, 0.05) is 55.5 Å². The van der Waals surface area contributed by atoms with E-state index in [1.54, 1.807) is 0 Å². The molecule has 1 aliphatic heterocycles. The molecule has 11 aromatic rings. The van der Waals surface area contributed by atoms with Crippen LogP contribution in [0.4, 0.5) is 11.4 Å². The van der Waals surface area contributed by atoms with Crippen LogP contribution in [0.15, 0.2) is 194 Å². The van der Waals surface area contributed by atoms with Crippen molar-refractivity contribution in [1.29, 1.82) is 0 Å². The van der Waals surface area contributed by atoms with Crippen molar-refractivity contribution in [3.05, 3.63) is 211 Å². The second-order valence-corrected chi connectivity index (χ2v) is 17.7. The summed E-state index contributed by atoms with van der Waals surface area (Å²) in [6.45, 7) is 2.40. The molecule has 0 saturated carbocycles. The molecule has 3 aliphatic rings. The van der Waals surface area contributed by atoms with E-state index in [-0.39, 0.29) is 12.0 Å². The Hall–Kier alpha value is -8.02. The Kier molecular flexibility index (Phi) is 7.50. The molecule has 0 fully saturated rings. The van der Waals surface area contributed by atoms with Gasteiger partial charge < -0.3 is 9.47 Å². The number of hydrogen-bond donors (Lipinski definition) is 0. The van der Waals surface area contributed by atoms with Crippen LogP contribution in [-0.2, 0) is 0 Å². The first-order valence-electron chi connectivity index (χ1n) is 22.5. The van der Waals surface area contributed by atoms with Crippen LogP contribution in [0, 0.1) is 0 Å². The van der Waals surface area contributed by atoms with Gasteiger partial charge in [0.25, 0.3) is 0 Å². The summed E-state index contributed by atoms with van der Waals surface area (Å²) in [5.74, 6) is 1.33. The Balaban J connectivity index is 1.05. The van der Waals surface area contributed by atoms with Gasteiger partial charge in [-0.25, -0.2) is 9.97 Å². The van der Waals surface area contributed by atoms with E-state index >= 15 is 0 Å². The minimum absolute atomic E-state index is 0.124. The lowest BCUT2D eigenvalue weighted by Crippen LogP contribution is -2.28. The largest absolute Gasteiger partial charge is 0.333 e. The molecule has 64 heavy (non-hydrogen) atoms. The number of hydrogen-bond acceptors (Lipinski definition) is 3. The van der Waals surface area contributed by atoms with Crippen molar-refractivity contribution in [2.24, 2.45) is 0 Å². The van der Waals surface area contributed by atoms with Gasteiger partial charge in [0.2, 0.25) is 0 Å². The van der Waals surface area contributed by atoms with E-state index in [4.69, 9.17) is 9.97 Å². The summed E-state index contributed by atoms with van der Waals surface area (Å²) < 4.78 is 4.84. The highest BCUT2D eigenvalue weighted by Gasteiger charge is 2.41. The molecular formula is C59H41N5. The second kappa shape index (κ2) is 13.5.